The zero-order valence-corrected chi connectivity index (χ0v) is 12.2. The summed E-state index contributed by atoms with van der Waals surface area (Å²) >= 11 is 0. The fraction of sp³-hybridized carbons (Fsp3) is 0.462. The number of carbonyl (C=O) groups excluding carboxylic acids is 1. The van der Waals surface area contributed by atoms with E-state index in [1.54, 1.807) is 12.3 Å². The third kappa shape index (κ3) is 2.81. The van der Waals surface area contributed by atoms with Gasteiger partial charge in [0.05, 0.1) is 17.1 Å². The van der Waals surface area contributed by atoms with E-state index in [1.807, 2.05) is 18.5 Å². The lowest BCUT2D eigenvalue weighted by molar-refractivity contribution is -0.116. The van der Waals surface area contributed by atoms with Crippen molar-refractivity contribution in [3.05, 3.63) is 23.7 Å². The summed E-state index contributed by atoms with van der Waals surface area (Å²) in [5.74, 6) is 0.250. The van der Waals surface area contributed by atoms with Gasteiger partial charge in [0.2, 0.25) is 5.91 Å². The molecule has 0 unspecified atom stereocenters. The van der Waals surface area contributed by atoms with Crippen LogP contribution in [0.25, 0.3) is 0 Å². The van der Waals surface area contributed by atoms with Crippen LogP contribution in [0.2, 0.25) is 0 Å². The zero-order chi connectivity index (χ0) is 14.9. The van der Waals surface area contributed by atoms with Crippen molar-refractivity contribution in [2.24, 2.45) is 0 Å². The SMILES string of the molecule is Cc1nn(C(C)C)c(C)c1NC(=O)Cn1ccc(N)n1. The molecule has 0 spiro atoms. The Bertz CT molecular complexity index is 625. The Balaban J connectivity index is 2.12. The number of hydrogen-bond donors (Lipinski definition) is 2. The minimum absolute atomic E-state index is 0.128. The van der Waals surface area contributed by atoms with Crippen LogP contribution in [-0.4, -0.2) is 25.5 Å². The van der Waals surface area contributed by atoms with Gasteiger partial charge in [-0.05, 0) is 33.8 Å². The van der Waals surface area contributed by atoms with Gasteiger partial charge in [0.25, 0.3) is 0 Å². The predicted octanol–water partition coefficient (Wildman–Crippen LogP) is 1.50. The highest BCUT2D eigenvalue weighted by atomic mass is 16.2. The minimum atomic E-state index is -0.150. The molecule has 0 radical (unpaired) electrons. The van der Waals surface area contributed by atoms with Gasteiger partial charge in [-0.25, -0.2) is 0 Å². The molecule has 1 amide bonds. The molecule has 0 fully saturated rings. The largest absolute Gasteiger partial charge is 0.382 e. The van der Waals surface area contributed by atoms with Gasteiger partial charge in [-0.15, -0.1) is 0 Å². The summed E-state index contributed by atoms with van der Waals surface area (Å²) in [5.41, 5.74) is 8.04. The molecule has 0 aliphatic heterocycles. The lowest BCUT2D eigenvalue weighted by atomic mass is 10.3. The maximum absolute atomic E-state index is 12.0. The Morgan fingerprint density at radius 1 is 1.40 bits per heavy atom. The standard InChI is InChI=1S/C13H20N6O/c1-8(2)19-10(4)13(9(3)16-19)15-12(20)7-18-6-5-11(14)17-18/h5-6,8H,7H2,1-4H3,(H2,14,17)(H,15,20). The normalized spacial score (nSPS) is 11.1. The molecule has 0 saturated carbocycles. The van der Waals surface area contributed by atoms with E-state index >= 15 is 0 Å². The van der Waals surface area contributed by atoms with Gasteiger partial charge in [0.15, 0.2) is 0 Å². The van der Waals surface area contributed by atoms with E-state index in [1.165, 1.54) is 4.68 Å². The zero-order valence-electron chi connectivity index (χ0n) is 12.2. The van der Waals surface area contributed by atoms with Crippen molar-refractivity contribution in [3.8, 4) is 0 Å². The van der Waals surface area contributed by atoms with Crippen LogP contribution in [0.15, 0.2) is 12.3 Å². The first-order valence-corrected chi connectivity index (χ1v) is 6.53. The number of anilines is 2. The molecule has 2 rings (SSSR count). The van der Waals surface area contributed by atoms with Gasteiger partial charge >= 0.3 is 0 Å². The van der Waals surface area contributed by atoms with Crippen LogP contribution in [-0.2, 0) is 11.3 Å². The maximum atomic E-state index is 12.0. The van der Waals surface area contributed by atoms with Crippen LogP contribution in [0.4, 0.5) is 11.5 Å². The molecule has 2 aromatic rings. The molecule has 0 aromatic carbocycles. The van der Waals surface area contributed by atoms with Gasteiger partial charge in [-0.1, -0.05) is 0 Å². The number of aryl methyl sites for hydroxylation is 1. The molecule has 108 valence electrons. The van der Waals surface area contributed by atoms with Crippen molar-refractivity contribution >= 4 is 17.4 Å². The van der Waals surface area contributed by atoms with Crippen molar-refractivity contribution in [2.45, 2.75) is 40.3 Å². The highest BCUT2D eigenvalue weighted by molar-refractivity contribution is 5.91. The number of nitrogens with zero attached hydrogens (tertiary/aromatic N) is 4. The number of carbonyl (C=O) groups is 1. The minimum Gasteiger partial charge on any atom is -0.382 e. The number of nitrogens with two attached hydrogens (primary N) is 1. The first kappa shape index (κ1) is 14.1. The lowest BCUT2D eigenvalue weighted by Crippen LogP contribution is -2.20. The number of amides is 1. The van der Waals surface area contributed by atoms with Crippen molar-refractivity contribution in [1.82, 2.24) is 19.6 Å². The molecule has 0 aliphatic rings. The van der Waals surface area contributed by atoms with Crippen LogP contribution in [0.5, 0.6) is 0 Å². The van der Waals surface area contributed by atoms with Crippen molar-refractivity contribution in [3.63, 3.8) is 0 Å². The summed E-state index contributed by atoms with van der Waals surface area (Å²) in [5, 5.41) is 11.3. The highest BCUT2D eigenvalue weighted by Gasteiger charge is 2.15. The molecular weight excluding hydrogens is 256 g/mol. The van der Waals surface area contributed by atoms with E-state index in [0.717, 1.165) is 17.1 Å². The highest BCUT2D eigenvalue weighted by Crippen LogP contribution is 2.22. The molecule has 0 atom stereocenters. The van der Waals surface area contributed by atoms with E-state index < -0.39 is 0 Å². The quantitative estimate of drug-likeness (QED) is 0.885. The average Bonchev–Trinajstić information content (AvgIpc) is 2.87. The number of nitrogen functional groups attached to an aromatic ring is 1. The van der Waals surface area contributed by atoms with Gasteiger partial charge in [-0.3, -0.25) is 14.2 Å². The Labute approximate surface area is 117 Å². The van der Waals surface area contributed by atoms with Gasteiger partial charge < -0.3 is 11.1 Å². The average molecular weight is 276 g/mol. The Morgan fingerprint density at radius 2 is 2.10 bits per heavy atom. The number of nitrogens with one attached hydrogen (secondary N) is 1. The fourth-order valence-corrected chi connectivity index (χ4v) is 2.14. The number of rotatable bonds is 4. The summed E-state index contributed by atoms with van der Waals surface area (Å²) in [6.07, 6.45) is 1.67. The first-order valence-electron chi connectivity index (χ1n) is 6.53. The smallest absolute Gasteiger partial charge is 0.246 e. The van der Waals surface area contributed by atoms with Crippen molar-refractivity contribution in [1.29, 1.82) is 0 Å². The van der Waals surface area contributed by atoms with Gasteiger partial charge in [0.1, 0.15) is 12.4 Å². The third-order valence-corrected chi connectivity index (χ3v) is 3.05. The second-order valence-corrected chi connectivity index (χ2v) is 5.07. The van der Waals surface area contributed by atoms with E-state index in [2.05, 4.69) is 29.4 Å². The number of aromatic nitrogens is 4. The summed E-state index contributed by atoms with van der Waals surface area (Å²) in [6, 6.07) is 1.91. The van der Waals surface area contributed by atoms with Crippen molar-refractivity contribution in [2.75, 3.05) is 11.1 Å². The van der Waals surface area contributed by atoms with Crippen LogP contribution in [0.1, 0.15) is 31.3 Å². The number of hydrogen-bond acceptors (Lipinski definition) is 4. The van der Waals surface area contributed by atoms with E-state index in [9.17, 15) is 4.79 Å². The van der Waals surface area contributed by atoms with Crippen LogP contribution >= 0.6 is 0 Å². The van der Waals surface area contributed by atoms with E-state index in [4.69, 9.17) is 5.73 Å². The van der Waals surface area contributed by atoms with E-state index in [-0.39, 0.29) is 18.5 Å². The molecule has 7 nitrogen and oxygen atoms in total. The van der Waals surface area contributed by atoms with Crippen LogP contribution < -0.4 is 11.1 Å². The second kappa shape index (κ2) is 5.36. The monoisotopic (exact) mass is 276 g/mol. The molecule has 7 heteroatoms. The lowest BCUT2D eigenvalue weighted by Gasteiger charge is -2.09. The molecule has 0 saturated heterocycles. The summed E-state index contributed by atoms with van der Waals surface area (Å²) in [7, 11) is 0. The van der Waals surface area contributed by atoms with Crippen LogP contribution in [0.3, 0.4) is 0 Å². The Hall–Kier alpha value is -2.31. The summed E-state index contributed by atoms with van der Waals surface area (Å²) in [6.45, 7) is 8.06. The van der Waals surface area contributed by atoms with Gasteiger partial charge in [0, 0.05) is 12.2 Å². The molecule has 20 heavy (non-hydrogen) atoms. The third-order valence-electron chi connectivity index (χ3n) is 3.05. The predicted molar refractivity (Wildman–Crippen MR) is 77.4 cm³/mol. The topological polar surface area (TPSA) is 90.8 Å². The van der Waals surface area contributed by atoms with Crippen LogP contribution in [0, 0.1) is 13.8 Å². The molecule has 3 N–H and O–H groups in total. The van der Waals surface area contributed by atoms with Gasteiger partial charge in [-0.2, -0.15) is 10.2 Å². The summed E-state index contributed by atoms with van der Waals surface area (Å²) < 4.78 is 3.40. The molecular formula is C13H20N6O. The molecule has 0 bridgehead atoms. The van der Waals surface area contributed by atoms with E-state index in [0.29, 0.717) is 5.82 Å². The second-order valence-electron chi connectivity index (χ2n) is 5.07. The molecule has 2 heterocycles. The fourth-order valence-electron chi connectivity index (χ4n) is 2.14. The Morgan fingerprint density at radius 3 is 2.60 bits per heavy atom. The summed E-state index contributed by atoms with van der Waals surface area (Å²) in [4.78, 5) is 12.0. The maximum Gasteiger partial charge on any atom is 0.246 e. The molecule has 0 aliphatic carbocycles. The van der Waals surface area contributed by atoms with Crippen molar-refractivity contribution < 1.29 is 4.79 Å². The molecule has 2 aromatic heterocycles. The Kier molecular flexibility index (Phi) is 3.78. The first-order chi connectivity index (χ1) is 9.38.